The largest absolute Gasteiger partial charge is 0.480 e. The van der Waals surface area contributed by atoms with Gasteiger partial charge in [-0.25, -0.2) is 9.59 Å². The Hall–Kier alpha value is -4.75. The highest BCUT2D eigenvalue weighted by Gasteiger charge is 2.36. The Morgan fingerprint density at radius 1 is 0.929 bits per heavy atom. The number of rotatable bonds is 16. The summed E-state index contributed by atoms with van der Waals surface area (Å²) in [5.74, 6) is -0.197. The lowest BCUT2D eigenvalue weighted by Crippen LogP contribution is -2.56. The van der Waals surface area contributed by atoms with Gasteiger partial charge in [-0.05, 0) is 58.5 Å². The van der Waals surface area contributed by atoms with Crippen molar-refractivity contribution in [1.82, 2.24) is 19.8 Å². The Morgan fingerprint density at radius 3 is 2.52 bits per heavy atom. The van der Waals surface area contributed by atoms with Crippen LogP contribution in [0.25, 0.3) is 10.8 Å². The van der Waals surface area contributed by atoms with E-state index in [0.717, 1.165) is 55.1 Å². The van der Waals surface area contributed by atoms with Gasteiger partial charge in [0.15, 0.2) is 0 Å². The third-order valence-electron chi connectivity index (χ3n) is 10.4. The van der Waals surface area contributed by atoms with Crippen LogP contribution >= 0.6 is 0 Å². The minimum atomic E-state index is -0.999. The van der Waals surface area contributed by atoms with Crippen LogP contribution < -0.4 is 14.5 Å². The number of aliphatic carboxylic acids is 1. The smallest absolute Gasteiger partial charge is 0.410 e. The van der Waals surface area contributed by atoms with Crippen molar-refractivity contribution in [1.29, 1.82) is 5.26 Å². The van der Waals surface area contributed by atoms with Crippen LogP contribution in [0.1, 0.15) is 51.3 Å². The van der Waals surface area contributed by atoms with Gasteiger partial charge in [0.05, 0.1) is 69.9 Å². The molecule has 6 rings (SSSR count). The third kappa shape index (κ3) is 10.8. The first-order chi connectivity index (χ1) is 27.0. The van der Waals surface area contributed by atoms with E-state index in [4.69, 9.17) is 38.8 Å². The molecule has 2 fully saturated rings. The van der Waals surface area contributed by atoms with E-state index >= 15 is 0 Å². The van der Waals surface area contributed by atoms with Crippen molar-refractivity contribution in [3.8, 4) is 12.1 Å². The zero-order valence-electron chi connectivity index (χ0n) is 33.0. The lowest BCUT2D eigenvalue weighted by molar-refractivity contribution is -0.142. The van der Waals surface area contributed by atoms with Gasteiger partial charge in [-0.15, -0.1) is 0 Å². The van der Waals surface area contributed by atoms with E-state index in [1.807, 2.05) is 20.8 Å². The van der Waals surface area contributed by atoms with Gasteiger partial charge in [-0.1, -0.05) is 36.4 Å². The predicted molar refractivity (Wildman–Crippen MR) is 210 cm³/mol. The number of likely N-dealkylation sites (N-methyl/N-ethyl adjacent to an activating group) is 1. The van der Waals surface area contributed by atoms with E-state index in [0.29, 0.717) is 58.6 Å². The Kier molecular flexibility index (Phi) is 13.8. The lowest BCUT2D eigenvalue weighted by Gasteiger charge is -2.42. The van der Waals surface area contributed by atoms with E-state index in [-0.39, 0.29) is 37.8 Å². The molecule has 15 heteroatoms. The summed E-state index contributed by atoms with van der Waals surface area (Å²) < 4.78 is 28.6. The first-order valence-electron chi connectivity index (χ1n) is 19.5. The molecule has 0 saturated carbocycles. The van der Waals surface area contributed by atoms with Crippen LogP contribution in [0.15, 0.2) is 42.5 Å². The van der Waals surface area contributed by atoms with E-state index in [1.165, 1.54) is 10.8 Å². The number of carboxylic acids is 1. The fraction of sp³-hybridized carbons (Fsp3) is 0.585. The second kappa shape index (κ2) is 18.9. The van der Waals surface area contributed by atoms with Gasteiger partial charge in [0.1, 0.15) is 18.0 Å². The molecule has 2 aromatic carbocycles. The number of fused-ring (bicyclic) bond motifs is 2. The first kappa shape index (κ1) is 40.9. The van der Waals surface area contributed by atoms with E-state index in [2.05, 4.69) is 70.3 Å². The number of nitriles is 1. The first-order valence-corrected chi connectivity index (χ1v) is 19.5. The molecule has 0 bridgehead atoms. The molecule has 56 heavy (non-hydrogen) atoms. The van der Waals surface area contributed by atoms with Gasteiger partial charge < -0.3 is 48.4 Å². The number of carbonyl (C=O) groups excluding carboxylic acids is 1. The van der Waals surface area contributed by atoms with Gasteiger partial charge >= 0.3 is 18.1 Å². The molecule has 302 valence electrons. The van der Waals surface area contributed by atoms with Crippen molar-refractivity contribution in [2.45, 2.75) is 76.8 Å². The number of hydrogen-bond donors (Lipinski definition) is 1. The van der Waals surface area contributed by atoms with Crippen molar-refractivity contribution in [2.24, 2.45) is 0 Å². The average Bonchev–Trinajstić information content (AvgIpc) is 3.52. The molecule has 1 aromatic heterocycles. The van der Waals surface area contributed by atoms with Crippen molar-refractivity contribution in [3.05, 3.63) is 53.7 Å². The summed E-state index contributed by atoms with van der Waals surface area (Å²) in [7, 11) is 2.09. The van der Waals surface area contributed by atoms with Crippen molar-refractivity contribution in [2.75, 3.05) is 89.2 Å². The zero-order chi connectivity index (χ0) is 39.7. The fourth-order valence-corrected chi connectivity index (χ4v) is 7.72. The van der Waals surface area contributed by atoms with E-state index in [1.54, 1.807) is 4.90 Å². The number of ether oxygens (including phenoxy) is 5. The summed E-state index contributed by atoms with van der Waals surface area (Å²) in [5, 5.41) is 20.8. The third-order valence-corrected chi connectivity index (χ3v) is 10.4. The molecule has 0 aliphatic carbocycles. The van der Waals surface area contributed by atoms with E-state index in [9.17, 15) is 14.9 Å². The number of anilines is 2. The monoisotopic (exact) mass is 773 g/mol. The number of carboxylic acid groups (broad SMARTS) is 1. The number of aromatic nitrogens is 2. The molecule has 0 spiro atoms. The fourth-order valence-electron chi connectivity index (χ4n) is 7.72. The van der Waals surface area contributed by atoms with Crippen LogP contribution in [-0.2, 0) is 36.7 Å². The summed E-state index contributed by atoms with van der Waals surface area (Å²) in [6.07, 6.45) is 2.21. The Morgan fingerprint density at radius 2 is 1.71 bits per heavy atom. The molecule has 0 radical (unpaired) electrons. The van der Waals surface area contributed by atoms with Crippen LogP contribution in [0.4, 0.5) is 16.3 Å². The molecule has 3 aliphatic rings. The number of carbonyl (C=O) groups is 2. The van der Waals surface area contributed by atoms with Crippen molar-refractivity contribution >= 4 is 34.3 Å². The Bertz CT molecular complexity index is 1840. The lowest BCUT2D eigenvalue weighted by atomic mass is 10.0. The van der Waals surface area contributed by atoms with Gasteiger partial charge in [0, 0.05) is 55.4 Å². The highest BCUT2D eigenvalue weighted by atomic mass is 16.6. The van der Waals surface area contributed by atoms with Crippen LogP contribution in [0.5, 0.6) is 6.01 Å². The molecule has 2 saturated heterocycles. The number of amides is 1. The molecule has 3 aromatic rings. The summed E-state index contributed by atoms with van der Waals surface area (Å²) in [5.41, 5.74) is 2.51. The second-order valence-electron chi connectivity index (χ2n) is 15.6. The molecule has 1 N–H and O–H groups in total. The van der Waals surface area contributed by atoms with Gasteiger partial charge in [-0.3, -0.25) is 0 Å². The van der Waals surface area contributed by atoms with Crippen LogP contribution in [0, 0.1) is 11.3 Å². The van der Waals surface area contributed by atoms with Gasteiger partial charge in [-0.2, -0.15) is 15.2 Å². The van der Waals surface area contributed by atoms with Crippen LogP contribution in [0.2, 0.25) is 0 Å². The predicted octanol–water partition coefficient (Wildman–Crippen LogP) is 4.51. The summed E-state index contributed by atoms with van der Waals surface area (Å²) >= 11 is 0. The Balaban J connectivity index is 1.13. The molecule has 15 nitrogen and oxygen atoms in total. The minimum absolute atomic E-state index is 0.0733. The average molecular weight is 774 g/mol. The summed E-state index contributed by atoms with van der Waals surface area (Å²) in [4.78, 5) is 42.3. The quantitative estimate of drug-likeness (QED) is 0.202. The SMILES string of the molecule is CN1C[C@H](OCCOCCOCC(=O)O)CC1CCOc1nc2c(c(N3CCN(C(=O)OC(C)(C)C)[C@@H](CC#N)C3)n1)CCN(c1cccc3ccccc13)C2. The van der Waals surface area contributed by atoms with Gasteiger partial charge in [0.2, 0.25) is 0 Å². The number of likely N-dealkylation sites (tertiary alicyclic amines) is 1. The highest BCUT2D eigenvalue weighted by molar-refractivity contribution is 5.94. The number of hydrogen-bond acceptors (Lipinski definition) is 13. The number of piperazine rings is 1. The molecular formula is C41H55N7O8. The molecule has 4 heterocycles. The van der Waals surface area contributed by atoms with Crippen molar-refractivity contribution in [3.63, 3.8) is 0 Å². The molecular weight excluding hydrogens is 718 g/mol. The normalized spacial score (nSPS) is 20.2. The number of benzene rings is 2. The molecule has 1 amide bonds. The minimum Gasteiger partial charge on any atom is -0.480 e. The van der Waals surface area contributed by atoms with Crippen LogP contribution in [-0.4, -0.2) is 140 Å². The molecule has 3 atom stereocenters. The maximum Gasteiger partial charge on any atom is 0.410 e. The highest BCUT2D eigenvalue weighted by Crippen LogP contribution is 2.35. The zero-order valence-corrected chi connectivity index (χ0v) is 33.0. The Labute approximate surface area is 329 Å². The maximum atomic E-state index is 13.2. The van der Waals surface area contributed by atoms with Gasteiger partial charge in [0.25, 0.3) is 0 Å². The molecule has 3 aliphatic heterocycles. The second-order valence-corrected chi connectivity index (χ2v) is 15.6. The number of nitrogens with zero attached hydrogens (tertiary/aromatic N) is 7. The summed E-state index contributed by atoms with van der Waals surface area (Å²) in [6.45, 7) is 10.6. The van der Waals surface area contributed by atoms with E-state index < -0.39 is 17.7 Å². The standard InChI is InChI=1S/C41H55N7O8/c1-41(2,3)56-40(51)48-18-17-47(25-31(48)12-15-42)38-34-13-16-46(36-11-7-9-29-8-5-6-10-33(29)36)27-35(34)43-39(44-38)55-19-14-30-24-32(26-45(30)4)54-23-22-52-20-21-53-28-37(49)50/h5-11,30-32H,12-14,16-28H2,1-4H3,(H,49,50)/t30?,31-,32+/m0/s1. The molecule has 1 unspecified atom stereocenters. The maximum absolute atomic E-state index is 13.2. The topological polar surface area (TPSA) is 163 Å². The van der Waals surface area contributed by atoms with Crippen molar-refractivity contribution < 1.29 is 38.4 Å². The van der Waals surface area contributed by atoms with Crippen LogP contribution in [0.3, 0.4) is 0 Å². The summed E-state index contributed by atoms with van der Waals surface area (Å²) in [6, 6.07) is 17.3.